The Morgan fingerprint density at radius 2 is 1.78 bits per heavy atom. The van der Waals surface area contributed by atoms with E-state index >= 15 is 0 Å². The molecular formula is C22H25N3O2. The van der Waals surface area contributed by atoms with E-state index in [-0.39, 0.29) is 17.4 Å². The van der Waals surface area contributed by atoms with E-state index in [1.165, 1.54) is 0 Å². The minimum absolute atomic E-state index is 0.0843. The fourth-order valence-electron chi connectivity index (χ4n) is 4.23. The molecule has 2 aliphatic heterocycles. The molecule has 1 spiro atoms. The summed E-state index contributed by atoms with van der Waals surface area (Å²) >= 11 is 0. The van der Waals surface area contributed by atoms with E-state index in [1.54, 1.807) is 0 Å². The zero-order valence-electron chi connectivity index (χ0n) is 15.9. The molecule has 0 aromatic heterocycles. The Balaban J connectivity index is 1.44. The Hall–Kier alpha value is -2.82. The van der Waals surface area contributed by atoms with Crippen molar-refractivity contribution >= 4 is 23.3 Å². The maximum absolute atomic E-state index is 12.7. The van der Waals surface area contributed by atoms with E-state index in [0.717, 1.165) is 28.9 Å². The van der Waals surface area contributed by atoms with Crippen LogP contribution in [-0.2, 0) is 4.79 Å². The number of nitrogens with one attached hydrogen (secondary N) is 1. The van der Waals surface area contributed by atoms with Crippen LogP contribution in [0.5, 0.6) is 0 Å². The number of nitrogens with zero attached hydrogens (tertiary/aromatic N) is 2. The van der Waals surface area contributed by atoms with Crippen molar-refractivity contribution in [3.05, 3.63) is 59.7 Å². The maximum Gasteiger partial charge on any atom is 0.321 e. The van der Waals surface area contributed by atoms with Crippen molar-refractivity contribution in [1.82, 2.24) is 4.90 Å². The first-order chi connectivity index (χ1) is 12.9. The Kier molecular flexibility index (Phi) is 4.38. The number of carbonyl (C=O) groups is 2. The molecule has 140 valence electrons. The van der Waals surface area contributed by atoms with Crippen molar-refractivity contribution in [1.29, 1.82) is 0 Å². The van der Waals surface area contributed by atoms with Crippen LogP contribution in [0.2, 0.25) is 0 Å². The lowest BCUT2D eigenvalue weighted by molar-refractivity contribution is -0.117. The van der Waals surface area contributed by atoms with Crippen LogP contribution in [0.15, 0.2) is 48.5 Å². The van der Waals surface area contributed by atoms with Gasteiger partial charge in [0.15, 0.2) is 0 Å². The Morgan fingerprint density at radius 1 is 1.04 bits per heavy atom. The number of benzene rings is 2. The lowest BCUT2D eigenvalue weighted by atomic mass is 9.86. The molecule has 1 N–H and O–H groups in total. The third kappa shape index (κ3) is 3.54. The van der Waals surface area contributed by atoms with Crippen molar-refractivity contribution in [3.63, 3.8) is 0 Å². The molecule has 0 radical (unpaired) electrons. The fourth-order valence-corrected chi connectivity index (χ4v) is 4.23. The average Bonchev–Trinajstić information content (AvgIpc) is 3.18. The molecule has 2 fully saturated rings. The monoisotopic (exact) mass is 363 g/mol. The van der Waals surface area contributed by atoms with Gasteiger partial charge in [0.05, 0.1) is 0 Å². The topological polar surface area (TPSA) is 52.7 Å². The summed E-state index contributed by atoms with van der Waals surface area (Å²) in [4.78, 5) is 29.0. The Labute approximate surface area is 160 Å². The summed E-state index contributed by atoms with van der Waals surface area (Å²) in [7, 11) is 0. The number of carbonyl (C=O) groups excluding carboxylic acids is 2. The highest BCUT2D eigenvalue weighted by Crippen LogP contribution is 2.42. The first-order valence-corrected chi connectivity index (χ1v) is 9.44. The molecule has 5 nitrogen and oxygen atoms in total. The molecule has 2 aromatic rings. The smallest absolute Gasteiger partial charge is 0.321 e. The molecule has 5 heteroatoms. The van der Waals surface area contributed by atoms with Crippen LogP contribution in [0, 0.1) is 19.3 Å². The van der Waals surface area contributed by atoms with Crippen molar-refractivity contribution in [2.75, 3.05) is 29.9 Å². The second kappa shape index (κ2) is 6.72. The van der Waals surface area contributed by atoms with Gasteiger partial charge in [-0.15, -0.1) is 0 Å². The predicted octanol–water partition coefficient (Wildman–Crippen LogP) is 3.96. The normalized spacial score (nSPS) is 21.9. The Morgan fingerprint density at radius 3 is 2.52 bits per heavy atom. The number of anilines is 2. The molecule has 0 bridgehead atoms. The molecule has 1 atom stereocenters. The highest BCUT2D eigenvalue weighted by molar-refractivity contribution is 5.97. The molecule has 1 unspecified atom stereocenters. The van der Waals surface area contributed by atoms with E-state index in [0.29, 0.717) is 26.1 Å². The lowest BCUT2D eigenvalue weighted by Gasteiger charge is -2.24. The minimum Gasteiger partial charge on any atom is -0.324 e. The van der Waals surface area contributed by atoms with Gasteiger partial charge in [-0.3, -0.25) is 4.79 Å². The third-order valence-corrected chi connectivity index (χ3v) is 5.63. The number of likely N-dealkylation sites (tertiary alicyclic amines) is 1. The van der Waals surface area contributed by atoms with Gasteiger partial charge in [0.2, 0.25) is 5.91 Å². The average molecular weight is 363 g/mol. The number of hydrogen-bond donors (Lipinski definition) is 1. The minimum atomic E-state index is -0.134. The molecule has 0 aliphatic carbocycles. The van der Waals surface area contributed by atoms with E-state index < -0.39 is 0 Å². The van der Waals surface area contributed by atoms with Crippen LogP contribution in [0.1, 0.15) is 24.0 Å². The van der Waals surface area contributed by atoms with Gasteiger partial charge in [-0.2, -0.15) is 0 Å². The highest BCUT2D eigenvalue weighted by Gasteiger charge is 2.48. The summed E-state index contributed by atoms with van der Waals surface area (Å²) in [6.07, 6.45) is 1.37. The number of amides is 3. The molecule has 2 aromatic carbocycles. The summed E-state index contributed by atoms with van der Waals surface area (Å²) in [5, 5.41) is 2.98. The van der Waals surface area contributed by atoms with Gasteiger partial charge in [-0.1, -0.05) is 24.3 Å². The van der Waals surface area contributed by atoms with Crippen LogP contribution >= 0.6 is 0 Å². The summed E-state index contributed by atoms with van der Waals surface area (Å²) < 4.78 is 0. The first-order valence-electron chi connectivity index (χ1n) is 9.44. The zero-order chi connectivity index (χ0) is 19.0. The maximum atomic E-state index is 12.7. The number of urea groups is 1. The molecule has 2 saturated heterocycles. The molecule has 2 heterocycles. The second-order valence-electron chi connectivity index (χ2n) is 7.97. The predicted molar refractivity (Wildman–Crippen MR) is 107 cm³/mol. The first kappa shape index (κ1) is 17.6. The number of rotatable bonds is 2. The Bertz CT molecular complexity index is 895. The SMILES string of the molecule is Cc1cccc(NC(=O)N2CCC3(CC(=O)N(c4cccc(C)c4)C3)C2)c1. The quantitative estimate of drug-likeness (QED) is 0.878. The van der Waals surface area contributed by atoms with Crippen LogP contribution < -0.4 is 10.2 Å². The number of aryl methyl sites for hydroxylation is 2. The van der Waals surface area contributed by atoms with E-state index in [1.807, 2.05) is 72.2 Å². The van der Waals surface area contributed by atoms with Gasteiger partial charge in [0.25, 0.3) is 0 Å². The standard InChI is InChI=1S/C22H25N3O2/c1-16-5-3-7-18(11-16)23-21(27)24-10-9-22(14-24)13-20(26)25(15-22)19-8-4-6-17(2)12-19/h3-8,11-12H,9-10,13-15H2,1-2H3,(H,23,27). The van der Waals surface area contributed by atoms with Crippen molar-refractivity contribution < 1.29 is 9.59 Å². The zero-order valence-corrected chi connectivity index (χ0v) is 15.9. The van der Waals surface area contributed by atoms with Crippen LogP contribution in [-0.4, -0.2) is 36.5 Å². The van der Waals surface area contributed by atoms with E-state index in [4.69, 9.17) is 0 Å². The molecular weight excluding hydrogens is 338 g/mol. The van der Waals surface area contributed by atoms with Gasteiger partial charge in [0.1, 0.15) is 0 Å². The summed E-state index contributed by atoms with van der Waals surface area (Å²) in [5.41, 5.74) is 3.89. The largest absolute Gasteiger partial charge is 0.324 e. The van der Waals surface area contributed by atoms with E-state index in [9.17, 15) is 9.59 Å². The van der Waals surface area contributed by atoms with Gasteiger partial charge in [0, 0.05) is 42.8 Å². The molecule has 4 rings (SSSR count). The highest BCUT2D eigenvalue weighted by atomic mass is 16.2. The van der Waals surface area contributed by atoms with E-state index in [2.05, 4.69) is 5.32 Å². The van der Waals surface area contributed by atoms with Crippen molar-refractivity contribution in [2.45, 2.75) is 26.7 Å². The third-order valence-electron chi connectivity index (χ3n) is 5.63. The van der Waals surface area contributed by atoms with Crippen LogP contribution in [0.4, 0.5) is 16.2 Å². The van der Waals surface area contributed by atoms with Crippen molar-refractivity contribution in [3.8, 4) is 0 Å². The molecule has 0 saturated carbocycles. The fraction of sp³-hybridized carbons (Fsp3) is 0.364. The molecule has 2 aliphatic rings. The van der Waals surface area contributed by atoms with Crippen LogP contribution in [0.25, 0.3) is 0 Å². The van der Waals surface area contributed by atoms with Crippen molar-refractivity contribution in [2.24, 2.45) is 5.41 Å². The molecule has 27 heavy (non-hydrogen) atoms. The summed E-state index contributed by atoms with van der Waals surface area (Å²) in [6.45, 7) is 6.03. The lowest BCUT2D eigenvalue weighted by Crippen LogP contribution is -2.36. The van der Waals surface area contributed by atoms with Crippen LogP contribution in [0.3, 0.4) is 0 Å². The summed E-state index contributed by atoms with van der Waals surface area (Å²) in [6, 6.07) is 15.8. The summed E-state index contributed by atoms with van der Waals surface area (Å²) in [5.74, 6) is 0.154. The second-order valence-corrected chi connectivity index (χ2v) is 7.97. The number of hydrogen-bond acceptors (Lipinski definition) is 2. The van der Waals surface area contributed by atoms with Gasteiger partial charge < -0.3 is 15.1 Å². The van der Waals surface area contributed by atoms with Gasteiger partial charge >= 0.3 is 6.03 Å². The van der Waals surface area contributed by atoms with Gasteiger partial charge in [-0.25, -0.2) is 4.79 Å². The molecule has 3 amide bonds. The van der Waals surface area contributed by atoms with Gasteiger partial charge in [-0.05, 0) is 55.7 Å².